The number of nitrogens with zero attached hydrogens (tertiary/aromatic N) is 2. The fourth-order valence-corrected chi connectivity index (χ4v) is 1.04. The Hall–Kier alpha value is -1.36. The fraction of sp³-hybridized carbons (Fsp3) is 0.500. The van der Waals surface area contributed by atoms with Gasteiger partial charge in [-0.05, 0) is 12.5 Å². The summed E-state index contributed by atoms with van der Waals surface area (Å²) in [6, 6.07) is 0. The maximum atomic E-state index is 10.6. The number of aryl methyl sites for hydroxylation is 1. The van der Waals surface area contributed by atoms with Crippen molar-refractivity contribution in [3.05, 3.63) is 18.0 Å². The van der Waals surface area contributed by atoms with E-state index in [2.05, 4.69) is 5.10 Å². The zero-order valence-electron chi connectivity index (χ0n) is 7.56. The molecule has 1 aromatic rings. The molecule has 0 saturated heterocycles. The van der Waals surface area contributed by atoms with Gasteiger partial charge in [0.25, 0.3) is 0 Å². The molecule has 1 heterocycles. The van der Waals surface area contributed by atoms with Gasteiger partial charge < -0.3 is 10.2 Å². The lowest BCUT2D eigenvalue weighted by atomic mass is 9.99. The molecular formula is C8H12N2O3. The molecule has 0 aliphatic carbocycles. The van der Waals surface area contributed by atoms with Crippen molar-refractivity contribution < 1.29 is 15.0 Å². The number of carboxylic acids is 1. The molecule has 0 radical (unpaired) electrons. The molecule has 5 nitrogen and oxygen atoms in total. The summed E-state index contributed by atoms with van der Waals surface area (Å²) >= 11 is 0. The zero-order chi connectivity index (χ0) is 10.1. The molecule has 0 bridgehead atoms. The highest BCUT2D eigenvalue weighted by atomic mass is 16.4. The summed E-state index contributed by atoms with van der Waals surface area (Å²) < 4.78 is 1.56. The lowest BCUT2D eigenvalue weighted by Gasteiger charge is -2.15. The molecule has 0 amide bonds. The number of carboxylic acid groups (broad SMARTS) is 1. The Balaban J connectivity index is 2.74. The minimum absolute atomic E-state index is 0.0656. The number of rotatable bonds is 3. The number of carbonyl (C=O) groups is 1. The van der Waals surface area contributed by atoms with Crippen molar-refractivity contribution >= 4 is 5.97 Å². The number of aliphatic carboxylic acids is 1. The van der Waals surface area contributed by atoms with Gasteiger partial charge in [-0.15, -0.1) is 0 Å². The van der Waals surface area contributed by atoms with Gasteiger partial charge in [0.2, 0.25) is 0 Å². The van der Waals surface area contributed by atoms with Crippen LogP contribution >= 0.6 is 0 Å². The number of hydrogen-bond acceptors (Lipinski definition) is 3. The molecular weight excluding hydrogens is 172 g/mol. The van der Waals surface area contributed by atoms with Crippen molar-refractivity contribution in [1.82, 2.24) is 9.78 Å². The van der Waals surface area contributed by atoms with E-state index in [-0.39, 0.29) is 6.42 Å². The second-order valence-corrected chi connectivity index (χ2v) is 3.28. The van der Waals surface area contributed by atoms with Gasteiger partial charge >= 0.3 is 5.97 Å². The Kier molecular flexibility index (Phi) is 2.38. The van der Waals surface area contributed by atoms with Crippen molar-refractivity contribution in [2.24, 2.45) is 7.05 Å². The first-order valence-electron chi connectivity index (χ1n) is 3.85. The van der Waals surface area contributed by atoms with Crippen LogP contribution in [0, 0.1) is 0 Å². The van der Waals surface area contributed by atoms with E-state index in [1.54, 1.807) is 17.9 Å². The molecule has 72 valence electrons. The van der Waals surface area contributed by atoms with E-state index in [9.17, 15) is 9.90 Å². The summed E-state index contributed by atoms with van der Waals surface area (Å²) in [7, 11) is 1.74. The van der Waals surface area contributed by atoms with Crippen molar-refractivity contribution in [1.29, 1.82) is 0 Å². The van der Waals surface area contributed by atoms with E-state index in [1.165, 1.54) is 13.1 Å². The fourth-order valence-electron chi connectivity index (χ4n) is 1.04. The molecule has 13 heavy (non-hydrogen) atoms. The number of hydrogen-bond donors (Lipinski definition) is 2. The van der Waals surface area contributed by atoms with Gasteiger partial charge in [0.1, 0.15) is 0 Å². The van der Waals surface area contributed by atoms with Crippen molar-refractivity contribution in [3.63, 3.8) is 0 Å². The Bertz CT molecular complexity index is 317. The molecule has 1 atom stereocenters. The van der Waals surface area contributed by atoms with Gasteiger partial charge in [-0.1, -0.05) is 0 Å². The van der Waals surface area contributed by atoms with E-state index >= 15 is 0 Å². The lowest BCUT2D eigenvalue weighted by molar-refractivity contribution is -0.156. The Labute approximate surface area is 75.6 Å². The van der Waals surface area contributed by atoms with Gasteiger partial charge in [0.15, 0.2) is 5.60 Å². The van der Waals surface area contributed by atoms with Gasteiger partial charge in [0, 0.05) is 19.7 Å². The van der Waals surface area contributed by atoms with Gasteiger partial charge in [-0.3, -0.25) is 4.68 Å². The van der Waals surface area contributed by atoms with Gasteiger partial charge in [-0.2, -0.15) is 5.10 Å². The Morgan fingerprint density at radius 2 is 2.38 bits per heavy atom. The molecule has 0 aliphatic rings. The van der Waals surface area contributed by atoms with Crippen LogP contribution in [-0.2, 0) is 18.3 Å². The van der Waals surface area contributed by atoms with Crippen LogP contribution in [0.1, 0.15) is 12.5 Å². The molecule has 0 aliphatic heterocycles. The van der Waals surface area contributed by atoms with E-state index in [4.69, 9.17) is 5.11 Å². The van der Waals surface area contributed by atoms with Crippen molar-refractivity contribution in [2.75, 3.05) is 0 Å². The van der Waals surface area contributed by atoms with E-state index < -0.39 is 11.6 Å². The molecule has 1 rings (SSSR count). The molecule has 0 aromatic carbocycles. The monoisotopic (exact) mass is 184 g/mol. The average molecular weight is 184 g/mol. The SMILES string of the molecule is Cn1cc(CC(C)(O)C(=O)O)cn1. The summed E-state index contributed by atoms with van der Waals surface area (Å²) in [6.45, 7) is 1.27. The molecule has 0 saturated carbocycles. The van der Waals surface area contributed by atoms with Crippen LogP contribution in [0.4, 0.5) is 0 Å². The summed E-state index contributed by atoms with van der Waals surface area (Å²) in [5, 5.41) is 21.9. The normalized spacial score (nSPS) is 15.3. The topological polar surface area (TPSA) is 75.4 Å². The maximum absolute atomic E-state index is 10.6. The third-order valence-corrected chi connectivity index (χ3v) is 1.77. The van der Waals surface area contributed by atoms with Crippen LogP contribution < -0.4 is 0 Å². The third-order valence-electron chi connectivity index (χ3n) is 1.77. The van der Waals surface area contributed by atoms with Crippen LogP contribution in [0.5, 0.6) is 0 Å². The smallest absolute Gasteiger partial charge is 0.335 e. The largest absolute Gasteiger partial charge is 0.479 e. The molecule has 0 fully saturated rings. The second-order valence-electron chi connectivity index (χ2n) is 3.28. The van der Waals surface area contributed by atoms with Crippen molar-refractivity contribution in [3.8, 4) is 0 Å². The van der Waals surface area contributed by atoms with E-state index in [0.29, 0.717) is 5.56 Å². The molecule has 1 unspecified atom stereocenters. The third kappa shape index (κ3) is 2.29. The predicted molar refractivity (Wildman–Crippen MR) is 45.2 cm³/mol. The Morgan fingerprint density at radius 3 is 2.77 bits per heavy atom. The van der Waals surface area contributed by atoms with E-state index in [0.717, 1.165) is 0 Å². The summed E-state index contributed by atoms with van der Waals surface area (Å²) in [6.07, 6.45) is 3.28. The van der Waals surface area contributed by atoms with Crippen LogP contribution in [0.3, 0.4) is 0 Å². The first-order valence-corrected chi connectivity index (χ1v) is 3.85. The second kappa shape index (κ2) is 3.18. The highest BCUT2D eigenvalue weighted by Crippen LogP contribution is 2.12. The van der Waals surface area contributed by atoms with Crippen LogP contribution in [0.15, 0.2) is 12.4 Å². The van der Waals surface area contributed by atoms with Crippen LogP contribution in [0.2, 0.25) is 0 Å². The highest BCUT2D eigenvalue weighted by Gasteiger charge is 2.30. The van der Waals surface area contributed by atoms with E-state index in [1.807, 2.05) is 0 Å². The molecule has 0 spiro atoms. The summed E-state index contributed by atoms with van der Waals surface area (Å²) in [5.41, 5.74) is -1.02. The predicted octanol–water partition coefficient (Wildman–Crippen LogP) is -0.202. The summed E-state index contributed by atoms with van der Waals surface area (Å²) in [4.78, 5) is 10.6. The maximum Gasteiger partial charge on any atom is 0.335 e. The summed E-state index contributed by atoms with van der Waals surface area (Å²) in [5.74, 6) is -1.23. The standard InChI is InChI=1S/C8H12N2O3/c1-8(13,7(11)12)3-6-4-9-10(2)5-6/h4-5,13H,3H2,1-2H3,(H,11,12). The molecule has 1 aromatic heterocycles. The van der Waals surface area contributed by atoms with Crippen LogP contribution in [0.25, 0.3) is 0 Å². The Morgan fingerprint density at radius 1 is 1.77 bits per heavy atom. The quantitative estimate of drug-likeness (QED) is 0.682. The van der Waals surface area contributed by atoms with Gasteiger partial charge in [-0.25, -0.2) is 4.79 Å². The minimum Gasteiger partial charge on any atom is -0.479 e. The molecule has 2 N–H and O–H groups in total. The van der Waals surface area contributed by atoms with Crippen molar-refractivity contribution in [2.45, 2.75) is 18.9 Å². The average Bonchev–Trinajstić information content (AvgIpc) is 2.34. The number of aliphatic hydroxyl groups is 1. The zero-order valence-corrected chi connectivity index (χ0v) is 7.56. The minimum atomic E-state index is -1.72. The molecule has 5 heteroatoms. The first-order chi connectivity index (χ1) is 5.92. The number of aromatic nitrogens is 2. The van der Waals surface area contributed by atoms with Gasteiger partial charge in [0.05, 0.1) is 6.20 Å². The highest BCUT2D eigenvalue weighted by molar-refractivity contribution is 5.76. The lowest BCUT2D eigenvalue weighted by Crippen LogP contribution is -2.37. The first kappa shape index (κ1) is 9.73. The van der Waals surface area contributed by atoms with Crippen LogP contribution in [-0.4, -0.2) is 31.6 Å².